The number of rotatable bonds is 2. The lowest BCUT2D eigenvalue weighted by Crippen LogP contribution is -2.24. The summed E-state index contributed by atoms with van der Waals surface area (Å²) in [5.74, 6) is 0. The topological polar surface area (TPSA) is 29.5 Å². The van der Waals surface area contributed by atoms with Crippen LogP contribution in [0.5, 0.6) is 0 Å². The number of thiophene rings is 1. The Morgan fingerprint density at radius 2 is 2.43 bits per heavy atom. The predicted octanol–water partition coefficient (Wildman–Crippen LogP) is 2.65. The van der Waals surface area contributed by atoms with Gasteiger partial charge in [-0.25, -0.2) is 0 Å². The lowest BCUT2D eigenvalue weighted by Gasteiger charge is -2.27. The second kappa shape index (κ2) is 3.75. The maximum atomic E-state index is 10.4. The molecule has 2 rings (SSSR count). The zero-order valence-electron chi connectivity index (χ0n) is 8.19. The van der Waals surface area contributed by atoms with Crippen molar-refractivity contribution >= 4 is 11.3 Å². The van der Waals surface area contributed by atoms with Crippen molar-refractivity contribution < 1.29 is 9.84 Å². The van der Waals surface area contributed by atoms with Gasteiger partial charge in [0.25, 0.3) is 0 Å². The minimum absolute atomic E-state index is 0.768. The molecule has 0 fully saturated rings. The van der Waals surface area contributed by atoms with Crippen LogP contribution in [-0.2, 0) is 10.3 Å². The zero-order chi connectivity index (χ0) is 10.0. The van der Waals surface area contributed by atoms with Crippen molar-refractivity contribution in [3.05, 3.63) is 34.2 Å². The van der Waals surface area contributed by atoms with Gasteiger partial charge in [-0.05, 0) is 31.2 Å². The summed E-state index contributed by atoms with van der Waals surface area (Å²) in [6.07, 6.45) is 3.63. The molecule has 0 saturated heterocycles. The van der Waals surface area contributed by atoms with Crippen LogP contribution in [0.3, 0.4) is 0 Å². The van der Waals surface area contributed by atoms with Gasteiger partial charge in [0.2, 0.25) is 0 Å². The van der Waals surface area contributed by atoms with Crippen LogP contribution in [0.2, 0.25) is 0 Å². The maximum absolute atomic E-state index is 10.4. The first-order valence-electron chi connectivity index (χ1n) is 4.79. The molecule has 0 aromatic carbocycles. The molecule has 0 saturated carbocycles. The molecule has 1 aromatic heterocycles. The SMILES string of the molecule is CC(O)(C1=COCCC1)c1cccs1. The second-order valence-electron chi connectivity index (χ2n) is 3.67. The highest BCUT2D eigenvalue weighted by molar-refractivity contribution is 7.10. The molecule has 0 bridgehead atoms. The Morgan fingerprint density at radius 1 is 1.57 bits per heavy atom. The minimum atomic E-state index is -0.853. The van der Waals surface area contributed by atoms with E-state index in [4.69, 9.17) is 4.74 Å². The molecule has 0 spiro atoms. The summed E-state index contributed by atoms with van der Waals surface area (Å²) in [7, 11) is 0. The molecule has 1 atom stereocenters. The minimum Gasteiger partial charge on any atom is -0.501 e. The Labute approximate surface area is 87.8 Å². The Morgan fingerprint density at radius 3 is 3.00 bits per heavy atom. The van der Waals surface area contributed by atoms with E-state index in [0.29, 0.717) is 0 Å². The van der Waals surface area contributed by atoms with Gasteiger partial charge in [-0.2, -0.15) is 0 Å². The second-order valence-corrected chi connectivity index (χ2v) is 4.61. The van der Waals surface area contributed by atoms with E-state index in [1.807, 2.05) is 24.4 Å². The number of hydrogen-bond donors (Lipinski definition) is 1. The molecule has 0 amide bonds. The lowest BCUT2D eigenvalue weighted by molar-refractivity contribution is 0.0820. The van der Waals surface area contributed by atoms with E-state index in [2.05, 4.69) is 0 Å². The van der Waals surface area contributed by atoms with Crippen LogP contribution < -0.4 is 0 Å². The van der Waals surface area contributed by atoms with Crippen LogP contribution in [0.1, 0.15) is 24.6 Å². The molecule has 0 aliphatic carbocycles. The Kier molecular flexibility index (Phi) is 2.61. The van der Waals surface area contributed by atoms with Gasteiger partial charge in [0.1, 0.15) is 5.60 Å². The Hall–Kier alpha value is -0.800. The van der Waals surface area contributed by atoms with Crippen LogP contribution in [0.15, 0.2) is 29.3 Å². The van der Waals surface area contributed by atoms with Gasteiger partial charge < -0.3 is 9.84 Å². The maximum Gasteiger partial charge on any atom is 0.120 e. The summed E-state index contributed by atoms with van der Waals surface area (Å²) in [5, 5.41) is 12.3. The highest BCUT2D eigenvalue weighted by Crippen LogP contribution is 2.35. The molecule has 2 heterocycles. The van der Waals surface area contributed by atoms with Gasteiger partial charge in [0.15, 0.2) is 0 Å². The van der Waals surface area contributed by atoms with E-state index >= 15 is 0 Å². The van der Waals surface area contributed by atoms with Crippen LogP contribution >= 0.6 is 11.3 Å². The standard InChI is InChI=1S/C11H14O2S/c1-11(12,10-5-3-7-14-10)9-4-2-6-13-8-9/h3,5,7-8,12H,2,4,6H2,1H3. The summed E-state index contributed by atoms with van der Waals surface area (Å²) in [6.45, 7) is 2.60. The smallest absolute Gasteiger partial charge is 0.120 e. The summed E-state index contributed by atoms with van der Waals surface area (Å²) < 4.78 is 5.25. The molecule has 1 N–H and O–H groups in total. The Bertz CT molecular complexity index is 325. The first kappa shape index (κ1) is 9.74. The highest BCUT2D eigenvalue weighted by Gasteiger charge is 2.30. The number of hydrogen-bond acceptors (Lipinski definition) is 3. The molecule has 1 unspecified atom stereocenters. The zero-order valence-corrected chi connectivity index (χ0v) is 9.01. The predicted molar refractivity (Wildman–Crippen MR) is 57.2 cm³/mol. The third-order valence-electron chi connectivity index (χ3n) is 2.56. The largest absolute Gasteiger partial charge is 0.501 e. The van der Waals surface area contributed by atoms with Crippen molar-refractivity contribution in [2.75, 3.05) is 6.61 Å². The first-order chi connectivity index (χ1) is 6.71. The average Bonchev–Trinajstić information content (AvgIpc) is 2.72. The van der Waals surface area contributed by atoms with Gasteiger partial charge in [0, 0.05) is 10.5 Å². The van der Waals surface area contributed by atoms with Crippen LogP contribution in [0, 0.1) is 0 Å². The van der Waals surface area contributed by atoms with Gasteiger partial charge in [-0.15, -0.1) is 11.3 Å². The molecule has 1 aromatic rings. The molecule has 1 aliphatic rings. The fourth-order valence-electron chi connectivity index (χ4n) is 1.64. The van der Waals surface area contributed by atoms with E-state index in [9.17, 15) is 5.11 Å². The van der Waals surface area contributed by atoms with E-state index in [1.54, 1.807) is 17.6 Å². The van der Waals surface area contributed by atoms with Crippen molar-refractivity contribution in [1.29, 1.82) is 0 Å². The Balaban J connectivity index is 2.27. The van der Waals surface area contributed by atoms with Crippen molar-refractivity contribution in [3.8, 4) is 0 Å². The molecule has 76 valence electrons. The molecule has 3 heteroatoms. The third kappa shape index (κ3) is 1.70. The van der Waals surface area contributed by atoms with E-state index in [-0.39, 0.29) is 0 Å². The molecule has 2 nitrogen and oxygen atoms in total. The normalized spacial score (nSPS) is 20.9. The number of ether oxygens (including phenoxy) is 1. The lowest BCUT2D eigenvalue weighted by atomic mass is 9.91. The molecular weight excluding hydrogens is 196 g/mol. The fourth-order valence-corrected chi connectivity index (χ4v) is 2.46. The van der Waals surface area contributed by atoms with Crippen LogP contribution in [0.25, 0.3) is 0 Å². The van der Waals surface area contributed by atoms with Gasteiger partial charge in [0.05, 0.1) is 12.9 Å². The van der Waals surface area contributed by atoms with Crippen LogP contribution in [0.4, 0.5) is 0 Å². The molecule has 1 aliphatic heterocycles. The van der Waals surface area contributed by atoms with Gasteiger partial charge >= 0.3 is 0 Å². The summed E-state index contributed by atoms with van der Waals surface area (Å²) in [6, 6.07) is 3.92. The van der Waals surface area contributed by atoms with Crippen molar-refractivity contribution in [2.45, 2.75) is 25.4 Å². The van der Waals surface area contributed by atoms with Crippen molar-refractivity contribution in [1.82, 2.24) is 0 Å². The van der Waals surface area contributed by atoms with E-state index < -0.39 is 5.60 Å². The monoisotopic (exact) mass is 210 g/mol. The summed E-state index contributed by atoms with van der Waals surface area (Å²) in [5.41, 5.74) is 0.125. The highest BCUT2D eigenvalue weighted by atomic mass is 32.1. The third-order valence-corrected chi connectivity index (χ3v) is 3.64. The summed E-state index contributed by atoms with van der Waals surface area (Å²) >= 11 is 1.58. The van der Waals surface area contributed by atoms with Crippen LogP contribution in [-0.4, -0.2) is 11.7 Å². The van der Waals surface area contributed by atoms with Gasteiger partial charge in [-0.3, -0.25) is 0 Å². The van der Waals surface area contributed by atoms with E-state index in [0.717, 1.165) is 29.9 Å². The molecule has 14 heavy (non-hydrogen) atoms. The van der Waals surface area contributed by atoms with Crippen molar-refractivity contribution in [3.63, 3.8) is 0 Å². The van der Waals surface area contributed by atoms with E-state index in [1.165, 1.54) is 0 Å². The molecular formula is C11H14O2S. The fraction of sp³-hybridized carbons (Fsp3) is 0.455. The molecule has 0 radical (unpaired) electrons. The first-order valence-corrected chi connectivity index (χ1v) is 5.67. The number of aliphatic hydroxyl groups is 1. The van der Waals surface area contributed by atoms with Crippen molar-refractivity contribution in [2.24, 2.45) is 0 Å². The summed E-state index contributed by atoms with van der Waals surface area (Å²) in [4.78, 5) is 0.981. The van der Waals surface area contributed by atoms with Gasteiger partial charge in [-0.1, -0.05) is 6.07 Å². The average molecular weight is 210 g/mol. The quantitative estimate of drug-likeness (QED) is 0.813.